The number of imidazole rings is 1. The third-order valence-corrected chi connectivity index (χ3v) is 6.19. The second-order valence-electron chi connectivity index (χ2n) is 7.88. The molecule has 0 amide bonds. The lowest BCUT2D eigenvalue weighted by molar-refractivity contribution is -0.690. The molecule has 0 saturated carbocycles. The van der Waals surface area contributed by atoms with Crippen molar-refractivity contribution in [2.45, 2.75) is 45.2 Å². The molecule has 0 fully saturated rings. The standard InChI is InChI=1S/C24H24N2O3/c1-2-24-25(15-22(28)16-3-6-19(27)7-4-16)10-11-26(24)21-8-5-17-13-18-9-12-29-23(18)14-20(17)21/h3-4,6-7,10-11,13-14,21H,2,5,8-9,12,15H2,1H3/p+1. The number of rotatable bonds is 5. The second kappa shape index (κ2) is 7.07. The van der Waals surface area contributed by atoms with Gasteiger partial charge in [-0.25, -0.2) is 9.13 Å². The molecule has 0 radical (unpaired) electrons. The van der Waals surface area contributed by atoms with Crippen LogP contribution in [0.15, 0.2) is 48.8 Å². The Labute approximate surface area is 170 Å². The maximum atomic E-state index is 12.7. The Balaban J connectivity index is 1.44. The predicted octanol–water partition coefficient (Wildman–Crippen LogP) is 3.40. The number of hydrogen-bond donors (Lipinski definition) is 1. The molecule has 29 heavy (non-hydrogen) atoms. The highest BCUT2D eigenvalue weighted by molar-refractivity contribution is 5.95. The van der Waals surface area contributed by atoms with Gasteiger partial charge < -0.3 is 9.84 Å². The number of carbonyl (C=O) groups excluding carboxylic acids is 1. The number of hydrogen-bond acceptors (Lipinski definition) is 3. The van der Waals surface area contributed by atoms with Crippen molar-refractivity contribution in [3.8, 4) is 11.5 Å². The fourth-order valence-corrected chi connectivity index (χ4v) is 4.73. The summed E-state index contributed by atoms with van der Waals surface area (Å²) < 4.78 is 10.2. The maximum absolute atomic E-state index is 12.7. The van der Waals surface area contributed by atoms with E-state index >= 15 is 0 Å². The van der Waals surface area contributed by atoms with Crippen LogP contribution in [0.4, 0.5) is 0 Å². The lowest BCUT2D eigenvalue weighted by Crippen LogP contribution is -2.41. The first-order chi connectivity index (χ1) is 14.1. The van der Waals surface area contributed by atoms with E-state index in [1.54, 1.807) is 24.3 Å². The van der Waals surface area contributed by atoms with Crippen LogP contribution in [0.1, 0.15) is 52.3 Å². The molecule has 2 heterocycles. The van der Waals surface area contributed by atoms with Crippen molar-refractivity contribution in [1.29, 1.82) is 0 Å². The molecule has 1 aromatic heterocycles. The Hall–Kier alpha value is -3.08. The van der Waals surface area contributed by atoms with Crippen molar-refractivity contribution < 1.29 is 19.2 Å². The third-order valence-electron chi connectivity index (χ3n) is 6.19. The summed E-state index contributed by atoms with van der Waals surface area (Å²) in [5.74, 6) is 2.40. The Bertz CT molecular complexity index is 1080. The van der Waals surface area contributed by atoms with Crippen LogP contribution in [0.3, 0.4) is 0 Å². The molecule has 0 spiro atoms. The zero-order valence-corrected chi connectivity index (χ0v) is 16.6. The highest BCUT2D eigenvalue weighted by Crippen LogP contribution is 2.40. The van der Waals surface area contributed by atoms with E-state index in [-0.39, 0.29) is 11.5 Å². The van der Waals surface area contributed by atoms with Gasteiger partial charge in [0.15, 0.2) is 6.54 Å². The maximum Gasteiger partial charge on any atom is 0.257 e. The zero-order valence-electron chi connectivity index (χ0n) is 16.6. The number of aryl methyl sites for hydroxylation is 1. The number of aromatic hydroxyl groups is 1. The number of ether oxygens (including phenoxy) is 1. The van der Waals surface area contributed by atoms with Gasteiger partial charge in [0.25, 0.3) is 5.82 Å². The summed E-state index contributed by atoms with van der Waals surface area (Å²) in [7, 11) is 0. The number of Topliss-reactive ketones (excluding diaryl/α,β-unsaturated/α-hetero) is 1. The average Bonchev–Trinajstić information content (AvgIpc) is 3.44. The van der Waals surface area contributed by atoms with Crippen molar-refractivity contribution in [3.05, 3.63) is 76.9 Å². The molecule has 2 aliphatic rings. The van der Waals surface area contributed by atoms with Crippen LogP contribution in [0.25, 0.3) is 0 Å². The molecule has 1 N–H and O–H groups in total. The smallest absolute Gasteiger partial charge is 0.257 e. The van der Waals surface area contributed by atoms with E-state index in [0.29, 0.717) is 18.2 Å². The molecule has 0 saturated heterocycles. The molecule has 5 nitrogen and oxygen atoms in total. The normalized spacial score (nSPS) is 17.1. The number of aromatic nitrogens is 2. The third kappa shape index (κ3) is 3.11. The van der Waals surface area contributed by atoms with Crippen LogP contribution in [-0.2, 0) is 25.8 Å². The number of ketones is 1. The summed E-state index contributed by atoms with van der Waals surface area (Å²) in [4.78, 5) is 12.7. The molecule has 1 aliphatic heterocycles. The highest BCUT2D eigenvalue weighted by Gasteiger charge is 2.33. The molecule has 2 aromatic carbocycles. The number of phenolic OH excluding ortho intramolecular Hbond substituents is 1. The Morgan fingerprint density at radius 1 is 1.21 bits per heavy atom. The number of phenols is 1. The van der Waals surface area contributed by atoms with Crippen LogP contribution >= 0.6 is 0 Å². The fourth-order valence-electron chi connectivity index (χ4n) is 4.73. The second-order valence-corrected chi connectivity index (χ2v) is 7.88. The van der Waals surface area contributed by atoms with Crippen LogP contribution in [-0.4, -0.2) is 22.1 Å². The Morgan fingerprint density at radius 2 is 2.03 bits per heavy atom. The molecule has 1 aliphatic carbocycles. The van der Waals surface area contributed by atoms with Crippen molar-refractivity contribution in [2.75, 3.05) is 6.61 Å². The van der Waals surface area contributed by atoms with Crippen molar-refractivity contribution in [3.63, 3.8) is 0 Å². The molecule has 3 aromatic rings. The first-order valence-electron chi connectivity index (χ1n) is 10.3. The molecule has 5 rings (SSSR count). The van der Waals surface area contributed by atoms with Gasteiger partial charge in [0, 0.05) is 24.0 Å². The number of benzene rings is 2. The lowest BCUT2D eigenvalue weighted by atomic mass is 10.0. The van der Waals surface area contributed by atoms with Crippen molar-refractivity contribution in [2.24, 2.45) is 0 Å². The van der Waals surface area contributed by atoms with Gasteiger partial charge in [-0.3, -0.25) is 4.79 Å². The summed E-state index contributed by atoms with van der Waals surface area (Å²) in [6.07, 6.45) is 8.14. The van der Waals surface area contributed by atoms with E-state index in [2.05, 4.69) is 34.4 Å². The van der Waals surface area contributed by atoms with Crippen molar-refractivity contribution in [1.82, 2.24) is 4.57 Å². The SMILES string of the molecule is CCc1n(C2CCc3cc4c(cc32)OCC4)cc[n+]1CC(=O)c1ccc(O)cc1. The summed E-state index contributed by atoms with van der Waals surface area (Å²) >= 11 is 0. The molecule has 5 heteroatoms. The molecule has 0 bridgehead atoms. The van der Waals surface area contributed by atoms with Crippen LogP contribution in [0, 0.1) is 0 Å². The van der Waals surface area contributed by atoms with Gasteiger partial charge in [0.2, 0.25) is 5.78 Å². The first-order valence-corrected chi connectivity index (χ1v) is 10.3. The van der Waals surface area contributed by atoms with E-state index in [0.717, 1.165) is 43.9 Å². The van der Waals surface area contributed by atoms with Gasteiger partial charge >= 0.3 is 0 Å². The topological polar surface area (TPSA) is 55.3 Å². The van der Waals surface area contributed by atoms with Crippen LogP contribution in [0.2, 0.25) is 0 Å². The molecule has 1 unspecified atom stereocenters. The number of nitrogens with zero attached hydrogens (tertiary/aromatic N) is 2. The summed E-state index contributed by atoms with van der Waals surface area (Å²) in [6.45, 7) is 3.22. The van der Waals surface area contributed by atoms with E-state index < -0.39 is 0 Å². The summed E-state index contributed by atoms with van der Waals surface area (Å²) in [5.41, 5.74) is 4.74. The quantitative estimate of drug-likeness (QED) is 0.538. The van der Waals surface area contributed by atoms with Crippen LogP contribution in [0.5, 0.6) is 11.5 Å². The summed E-state index contributed by atoms with van der Waals surface area (Å²) in [6, 6.07) is 11.3. The van der Waals surface area contributed by atoms with Crippen LogP contribution < -0.4 is 9.30 Å². The average molecular weight is 389 g/mol. The monoisotopic (exact) mass is 389 g/mol. The van der Waals surface area contributed by atoms with E-state index in [9.17, 15) is 9.90 Å². The first kappa shape index (κ1) is 18.0. The molecule has 1 atom stereocenters. The molecule has 148 valence electrons. The van der Waals surface area contributed by atoms with E-state index in [4.69, 9.17) is 4.74 Å². The number of fused-ring (bicyclic) bond motifs is 2. The zero-order chi connectivity index (χ0) is 20.0. The lowest BCUT2D eigenvalue weighted by Gasteiger charge is -2.12. The fraction of sp³-hybridized carbons (Fsp3) is 0.333. The minimum Gasteiger partial charge on any atom is -0.508 e. The largest absolute Gasteiger partial charge is 0.508 e. The molecular formula is C24H25N2O3+. The van der Waals surface area contributed by atoms with Gasteiger partial charge in [-0.1, -0.05) is 13.0 Å². The van der Waals surface area contributed by atoms with Crippen molar-refractivity contribution >= 4 is 5.78 Å². The Kier molecular flexibility index (Phi) is 4.38. The van der Waals surface area contributed by atoms with Gasteiger partial charge in [0.1, 0.15) is 29.9 Å². The predicted molar refractivity (Wildman–Crippen MR) is 109 cm³/mol. The van der Waals surface area contributed by atoms with E-state index in [1.807, 2.05) is 6.20 Å². The highest BCUT2D eigenvalue weighted by atomic mass is 16.5. The van der Waals surface area contributed by atoms with Gasteiger partial charge in [-0.15, -0.1) is 0 Å². The van der Waals surface area contributed by atoms with Gasteiger partial charge in [-0.2, -0.15) is 0 Å². The van der Waals surface area contributed by atoms with Gasteiger partial charge in [-0.05, 0) is 54.3 Å². The molecular weight excluding hydrogens is 364 g/mol. The number of carbonyl (C=O) groups is 1. The minimum atomic E-state index is 0.0421. The minimum absolute atomic E-state index is 0.0421. The summed E-state index contributed by atoms with van der Waals surface area (Å²) in [5, 5.41) is 9.44. The van der Waals surface area contributed by atoms with E-state index in [1.165, 1.54) is 16.7 Å². The van der Waals surface area contributed by atoms with Gasteiger partial charge in [0.05, 0.1) is 6.61 Å². The Morgan fingerprint density at radius 3 is 2.83 bits per heavy atom.